The number of aryl methyl sites for hydroxylation is 1. The standard InChI is InChI=1S/C14H24N2O3S/c1-9(2)13(7-8-17)16-20(18,19)14-11(4)10(3)5-6-12(14)15/h5-6,9,13,16-17H,7-8,15H2,1-4H3. The van der Waals surface area contributed by atoms with Gasteiger partial charge in [0, 0.05) is 12.6 Å². The molecule has 0 saturated carbocycles. The molecular formula is C14H24N2O3S. The molecule has 6 heteroatoms. The summed E-state index contributed by atoms with van der Waals surface area (Å²) in [5.74, 6) is 0.0864. The van der Waals surface area contributed by atoms with E-state index in [1.165, 1.54) is 0 Å². The van der Waals surface area contributed by atoms with Crippen molar-refractivity contribution in [3.63, 3.8) is 0 Å². The average molecular weight is 300 g/mol. The maximum Gasteiger partial charge on any atom is 0.243 e. The molecule has 1 unspecified atom stereocenters. The maximum absolute atomic E-state index is 12.5. The van der Waals surface area contributed by atoms with Gasteiger partial charge >= 0.3 is 0 Å². The molecule has 0 radical (unpaired) electrons. The van der Waals surface area contributed by atoms with E-state index in [1.807, 2.05) is 20.8 Å². The van der Waals surface area contributed by atoms with Gasteiger partial charge in [0.1, 0.15) is 4.90 Å². The lowest BCUT2D eigenvalue weighted by molar-refractivity contribution is 0.256. The summed E-state index contributed by atoms with van der Waals surface area (Å²) in [5, 5.41) is 9.05. The van der Waals surface area contributed by atoms with Crippen LogP contribution in [0.1, 0.15) is 31.4 Å². The molecule has 114 valence electrons. The summed E-state index contributed by atoms with van der Waals surface area (Å²) in [6.45, 7) is 7.36. The molecule has 1 aromatic carbocycles. The van der Waals surface area contributed by atoms with Crippen molar-refractivity contribution in [2.45, 2.75) is 45.1 Å². The first-order valence-corrected chi connectivity index (χ1v) is 8.18. The first-order valence-electron chi connectivity index (χ1n) is 6.69. The molecule has 5 nitrogen and oxygen atoms in total. The summed E-state index contributed by atoms with van der Waals surface area (Å²) >= 11 is 0. The number of hydrogen-bond acceptors (Lipinski definition) is 4. The summed E-state index contributed by atoms with van der Waals surface area (Å²) in [4.78, 5) is 0.140. The molecule has 0 spiro atoms. The lowest BCUT2D eigenvalue weighted by Crippen LogP contribution is -2.39. The van der Waals surface area contributed by atoms with Gasteiger partial charge in [0.05, 0.1) is 5.69 Å². The molecule has 0 amide bonds. The van der Waals surface area contributed by atoms with Crippen LogP contribution in [0.25, 0.3) is 0 Å². The Labute approximate surface area is 121 Å². The van der Waals surface area contributed by atoms with Crippen LogP contribution in [-0.4, -0.2) is 26.2 Å². The van der Waals surface area contributed by atoms with Crippen molar-refractivity contribution in [2.75, 3.05) is 12.3 Å². The SMILES string of the molecule is Cc1ccc(N)c(S(=O)(=O)NC(CCO)C(C)C)c1C. The van der Waals surface area contributed by atoms with Crippen LogP contribution >= 0.6 is 0 Å². The average Bonchev–Trinajstić information content (AvgIpc) is 2.33. The van der Waals surface area contributed by atoms with Crippen LogP contribution in [0.15, 0.2) is 17.0 Å². The lowest BCUT2D eigenvalue weighted by atomic mass is 10.0. The van der Waals surface area contributed by atoms with Crippen LogP contribution < -0.4 is 10.5 Å². The molecule has 0 aliphatic rings. The number of hydrogen-bond donors (Lipinski definition) is 3. The normalized spacial score (nSPS) is 13.7. The Morgan fingerprint density at radius 2 is 1.90 bits per heavy atom. The number of nitrogens with two attached hydrogens (primary N) is 1. The predicted molar refractivity (Wildman–Crippen MR) is 81.0 cm³/mol. The molecule has 1 atom stereocenters. The highest BCUT2D eigenvalue weighted by molar-refractivity contribution is 7.89. The van der Waals surface area contributed by atoms with Crippen molar-refractivity contribution in [2.24, 2.45) is 5.92 Å². The topological polar surface area (TPSA) is 92.4 Å². The first-order chi connectivity index (χ1) is 9.20. The third-order valence-corrected chi connectivity index (χ3v) is 5.22. The van der Waals surface area contributed by atoms with Crippen LogP contribution in [0.3, 0.4) is 0 Å². The maximum atomic E-state index is 12.5. The van der Waals surface area contributed by atoms with Gasteiger partial charge in [0.15, 0.2) is 0 Å². The van der Waals surface area contributed by atoms with Gasteiger partial charge in [-0.15, -0.1) is 0 Å². The summed E-state index contributed by atoms with van der Waals surface area (Å²) < 4.78 is 27.7. The number of nitrogen functional groups attached to an aromatic ring is 1. The van der Waals surface area contributed by atoms with Gasteiger partial charge in [0.2, 0.25) is 10.0 Å². The third kappa shape index (κ3) is 3.71. The van der Waals surface area contributed by atoms with Gasteiger partial charge in [-0.1, -0.05) is 19.9 Å². The molecule has 0 aliphatic heterocycles. The number of aliphatic hydroxyl groups excluding tert-OH is 1. The Morgan fingerprint density at radius 3 is 2.40 bits per heavy atom. The molecule has 0 heterocycles. The second kappa shape index (κ2) is 6.56. The van der Waals surface area contributed by atoms with Gasteiger partial charge in [0.25, 0.3) is 0 Å². The van der Waals surface area contributed by atoms with Crippen LogP contribution in [-0.2, 0) is 10.0 Å². The largest absolute Gasteiger partial charge is 0.398 e. The van der Waals surface area contributed by atoms with E-state index in [0.29, 0.717) is 12.0 Å². The highest BCUT2D eigenvalue weighted by atomic mass is 32.2. The van der Waals surface area contributed by atoms with Crippen molar-refractivity contribution < 1.29 is 13.5 Å². The van der Waals surface area contributed by atoms with Gasteiger partial charge in [-0.25, -0.2) is 13.1 Å². The zero-order valence-electron chi connectivity index (χ0n) is 12.5. The fourth-order valence-electron chi connectivity index (χ4n) is 2.09. The molecular weight excluding hydrogens is 276 g/mol. The van der Waals surface area contributed by atoms with Gasteiger partial charge in [-0.2, -0.15) is 0 Å². The fraction of sp³-hybridized carbons (Fsp3) is 0.571. The Morgan fingerprint density at radius 1 is 1.30 bits per heavy atom. The second-order valence-corrected chi connectivity index (χ2v) is 7.06. The Hall–Kier alpha value is -1.11. The van der Waals surface area contributed by atoms with Crippen LogP contribution in [0.5, 0.6) is 0 Å². The molecule has 0 aliphatic carbocycles. The lowest BCUT2D eigenvalue weighted by Gasteiger charge is -2.23. The number of sulfonamides is 1. The van der Waals surface area contributed by atoms with E-state index in [9.17, 15) is 8.42 Å². The smallest absolute Gasteiger partial charge is 0.243 e. The third-order valence-electron chi connectivity index (χ3n) is 3.53. The Balaban J connectivity index is 3.21. The zero-order chi connectivity index (χ0) is 15.5. The number of nitrogens with one attached hydrogen (secondary N) is 1. The quantitative estimate of drug-likeness (QED) is 0.695. The van der Waals surface area contributed by atoms with E-state index in [-0.39, 0.29) is 29.1 Å². The van der Waals surface area contributed by atoms with Crippen molar-refractivity contribution >= 4 is 15.7 Å². The van der Waals surface area contributed by atoms with Crippen molar-refractivity contribution in [1.29, 1.82) is 0 Å². The second-order valence-electron chi connectivity index (χ2n) is 5.41. The fourth-order valence-corrected chi connectivity index (χ4v) is 3.94. The molecule has 0 fully saturated rings. The first kappa shape index (κ1) is 16.9. The van der Waals surface area contributed by atoms with Gasteiger partial charge in [-0.05, 0) is 43.4 Å². The molecule has 20 heavy (non-hydrogen) atoms. The molecule has 0 aromatic heterocycles. The number of anilines is 1. The number of aliphatic hydroxyl groups is 1. The highest BCUT2D eigenvalue weighted by Gasteiger charge is 2.26. The highest BCUT2D eigenvalue weighted by Crippen LogP contribution is 2.26. The summed E-state index contributed by atoms with van der Waals surface area (Å²) in [5.41, 5.74) is 7.61. The predicted octanol–water partition coefficient (Wildman–Crippen LogP) is 1.57. The Bertz CT molecular complexity index is 568. The van der Waals surface area contributed by atoms with Crippen LogP contribution in [0.2, 0.25) is 0 Å². The minimum absolute atomic E-state index is 0.0619. The van der Waals surface area contributed by atoms with E-state index in [4.69, 9.17) is 10.8 Å². The van der Waals surface area contributed by atoms with Gasteiger partial charge < -0.3 is 10.8 Å². The number of rotatable bonds is 6. The van der Waals surface area contributed by atoms with E-state index in [1.54, 1.807) is 19.1 Å². The zero-order valence-corrected chi connectivity index (χ0v) is 13.3. The molecule has 1 aromatic rings. The van der Waals surface area contributed by atoms with E-state index in [2.05, 4.69) is 4.72 Å². The van der Waals surface area contributed by atoms with Crippen LogP contribution in [0.4, 0.5) is 5.69 Å². The summed E-state index contributed by atoms with van der Waals surface area (Å²) in [6.07, 6.45) is 0.377. The molecule has 4 N–H and O–H groups in total. The Kier molecular flexibility index (Phi) is 5.56. The van der Waals surface area contributed by atoms with Crippen molar-refractivity contribution in [1.82, 2.24) is 4.72 Å². The van der Waals surface area contributed by atoms with Crippen molar-refractivity contribution in [3.8, 4) is 0 Å². The minimum atomic E-state index is -3.70. The summed E-state index contributed by atoms with van der Waals surface area (Å²) in [7, 11) is -3.70. The molecule has 1 rings (SSSR count). The van der Waals surface area contributed by atoms with Crippen LogP contribution in [0, 0.1) is 19.8 Å². The summed E-state index contributed by atoms with van der Waals surface area (Å²) in [6, 6.07) is 3.09. The number of benzene rings is 1. The van der Waals surface area contributed by atoms with E-state index < -0.39 is 10.0 Å². The molecule has 0 saturated heterocycles. The van der Waals surface area contributed by atoms with E-state index >= 15 is 0 Å². The van der Waals surface area contributed by atoms with Crippen molar-refractivity contribution in [3.05, 3.63) is 23.3 Å². The van der Waals surface area contributed by atoms with Gasteiger partial charge in [-0.3, -0.25) is 0 Å². The molecule has 0 bridgehead atoms. The van der Waals surface area contributed by atoms with E-state index in [0.717, 1.165) is 5.56 Å². The monoisotopic (exact) mass is 300 g/mol. The minimum Gasteiger partial charge on any atom is -0.398 e.